The molecule has 0 spiro atoms. The van der Waals surface area contributed by atoms with Crippen molar-refractivity contribution < 1.29 is 41.5 Å². The molecule has 7 heteroatoms. The number of rotatable bonds is 3. The van der Waals surface area contributed by atoms with E-state index in [1.54, 1.807) is 25.1 Å². The Balaban J connectivity index is 0.00000220. The summed E-state index contributed by atoms with van der Waals surface area (Å²) in [6.45, 7) is 0.941. The predicted molar refractivity (Wildman–Crippen MR) is 81.1 cm³/mol. The SMILES string of the molecule is Cc1c[c-]c(-c2ccc(Br)cc2Br)n(CC(F)F)c1=O.[Y]. The molecular weight excluding hydrogens is 485 g/mol. The van der Waals surface area contributed by atoms with Gasteiger partial charge in [-0.1, -0.05) is 61.7 Å². The maximum Gasteiger partial charge on any atom is 0.256 e. The predicted octanol–water partition coefficient (Wildman–Crippen LogP) is 4.41. The molecule has 1 heterocycles. The first kappa shape index (κ1) is 19.1. The molecule has 21 heavy (non-hydrogen) atoms. The van der Waals surface area contributed by atoms with Crippen molar-refractivity contribution in [2.75, 3.05) is 0 Å². The second-order valence-electron chi connectivity index (χ2n) is 4.25. The molecule has 109 valence electrons. The first-order chi connectivity index (χ1) is 9.40. The number of aryl methyl sites for hydroxylation is 1. The van der Waals surface area contributed by atoms with Crippen LogP contribution in [-0.2, 0) is 39.3 Å². The number of nitrogens with zero attached hydrogens (tertiary/aromatic N) is 1. The molecule has 1 aromatic carbocycles. The molecule has 0 bridgehead atoms. The Morgan fingerprint density at radius 2 is 2.00 bits per heavy atom. The van der Waals surface area contributed by atoms with E-state index in [4.69, 9.17) is 0 Å². The molecule has 2 rings (SSSR count). The van der Waals surface area contributed by atoms with E-state index in [1.165, 1.54) is 6.07 Å². The topological polar surface area (TPSA) is 22.0 Å². The van der Waals surface area contributed by atoms with Crippen molar-refractivity contribution in [1.82, 2.24) is 4.57 Å². The fraction of sp³-hybridized carbons (Fsp3) is 0.214. The van der Waals surface area contributed by atoms with Crippen LogP contribution in [0.25, 0.3) is 11.3 Å². The van der Waals surface area contributed by atoms with Gasteiger partial charge in [-0.25, -0.2) is 8.78 Å². The van der Waals surface area contributed by atoms with Crippen molar-refractivity contribution in [3.05, 3.63) is 55.2 Å². The maximum absolute atomic E-state index is 12.7. The van der Waals surface area contributed by atoms with Gasteiger partial charge in [0, 0.05) is 37.2 Å². The van der Waals surface area contributed by atoms with Crippen LogP contribution in [0.3, 0.4) is 0 Å². The molecule has 0 atom stereocenters. The molecule has 0 aliphatic heterocycles. The van der Waals surface area contributed by atoms with Crippen molar-refractivity contribution in [1.29, 1.82) is 0 Å². The van der Waals surface area contributed by atoms with Gasteiger partial charge in [0.2, 0.25) is 0 Å². The van der Waals surface area contributed by atoms with Gasteiger partial charge < -0.3 is 4.57 Å². The Kier molecular flexibility index (Phi) is 7.37. The number of halogens is 4. The van der Waals surface area contributed by atoms with Crippen molar-refractivity contribution in [2.24, 2.45) is 0 Å². The summed E-state index contributed by atoms with van der Waals surface area (Å²) in [7, 11) is 0. The van der Waals surface area contributed by atoms with Gasteiger partial charge in [0.25, 0.3) is 6.43 Å². The quantitative estimate of drug-likeness (QED) is 0.579. The van der Waals surface area contributed by atoms with E-state index in [0.29, 0.717) is 21.3 Å². The van der Waals surface area contributed by atoms with Gasteiger partial charge in [-0.15, -0.1) is 6.07 Å². The number of pyridine rings is 1. The number of benzene rings is 1. The van der Waals surface area contributed by atoms with Crippen LogP contribution in [-0.4, -0.2) is 11.0 Å². The van der Waals surface area contributed by atoms with E-state index in [9.17, 15) is 13.6 Å². The van der Waals surface area contributed by atoms with Crippen molar-refractivity contribution in [2.45, 2.75) is 19.9 Å². The zero-order valence-corrected chi connectivity index (χ0v) is 17.0. The van der Waals surface area contributed by atoms with Gasteiger partial charge in [0.15, 0.2) is 5.56 Å². The minimum absolute atomic E-state index is 0. The number of hydrogen-bond donors (Lipinski definition) is 0. The molecule has 0 fully saturated rings. The van der Waals surface area contributed by atoms with Gasteiger partial charge in [-0.2, -0.15) is 12.1 Å². The maximum atomic E-state index is 12.7. The number of alkyl halides is 2. The minimum Gasteiger partial charge on any atom is -0.336 e. The normalized spacial score (nSPS) is 10.6. The molecule has 0 aliphatic rings. The van der Waals surface area contributed by atoms with Crippen LogP contribution in [0.1, 0.15) is 5.56 Å². The monoisotopic (exact) mass is 493 g/mol. The van der Waals surface area contributed by atoms with Crippen LogP contribution in [0.4, 0.5) is 8.78 Å². The fourth-order valence-electron chi connectivity index (χ4n) is 1.85. The second-order valence-corrected chi connectivity index (χ2v) is 6.02. The number of hydrogen-bond acceptors (Lipinski definition) is 1. The van der Waals surface area contributed by atoms with E-state index in [1.807, 2.05) is 0 Å². The van der Waals surface area contributed by atoms with Crippen molar-refractivity contribution in [3.8, 4) is 11.3 Å². The smallest absolute Gasteiger partial charge is 0.256 e. The fourth-order valence-corrected chi connectivity index (χ4v) is 3.08. The minimum atomic E-state index is -2.60. The van der Waals surface area contributed by atoms with E-state index in [0.717, 1.165) is 9.04 Å². The summed E-state index contributed by atoms with van der Waals surface area (Å²) in [6, 6.07) is 9.76. The summed E-state index contributed by atoms with van der Waals surface area (Å²) < 4.78 is 28.0. The second kappa shape index (κ2) is 8.09. The van der Waals surface area contributed by atoms with Gasteiger partial charge in [-0.3, -0.25) is 4.79 Å². The average Bonchev–Trinajstić information content (AvgIpc) is 2.36. The van der Waals surface area contributed by atoms with E-state index in [-0.39, 0.29) is 32.7 Å². The molecule has 1 radical (unpaired) electrons. The summed E-state index contributed by atoms with van der Waals surface area (Å²) in [5.41, 5.74) is 0.961. The Bertz CT molecular complexity index is 704. The van der Waals surface area contributed by atoms with E-state index in [2.05, 4.69) is 37.9 Å². The van der Waals surface area contributed by atoms with Crippen LogP contribution in [0, 0.1) is 13.0 Å². The first-order valence-corrected chi connectivity index (χ1v) is 7.34. The van der Waals surface area contributed by atoms with Gasteiger partial charge in [0.1, 0.15) is 0 Å². The molecule has 0 N–H and O–H groups in total. The zero-order chi connectivity index (χ0) is 14.9. The summed E-state index contributed by atoms with van der Waals surface area (Å²) >= 11 is 6.70. The molecule has 0 unspecified atom stereocenters. The van der Waals surface area contributed by atoms with Crippen LogP contribution in [0.5, 0.6) is 0 Å². The molecule has 1 aromatic heterocycles. The zero-order valence-electron chi connectivity index (χ0n) is 11.0. The average molecular weight is 495 g/mol. The van der Waals surface area contributed by atoms with Crippen molar-refractivity contribution >= 4 is 31.9 Å². The van der Waals surface area contributed by atoms with Gasteiger partial charge in [-0.05, 0) is 10.5 Å². The van der Waals surface area contributed by atoms with Crippen LogP contribution >= 0.6 is 31.9 Å². The van der Waals surface area contributed by atoms with Gasteiger partial charge >= 0.3 is 0 Å². The first-order valence-electron chi connectivity index (χ1n) is 5.76. The molecule has 2 nitrogen and oxygen atoms in total. The molecule has 0 saturated carbocycles. The third-order valence-electron chi connectivity index (χ3n) is 2.78. The molecule has 0 aliphatic carbocycles. The molecule has 0 saturated heterocycles. The Hall–Kier alpha value is 0.0939. The van der Waals surface area contributed by atoms with E-state index >= 15 is 0 Å². The van der Waals surface area contributed by atoms with E-state index < -0.39 is 18.5 Å². The summed E-state index contributed by atoms with van der Waals surface area (Å²) in [5.74, 6) is 0. The summed E-state index contributed by atoms with van der Waals surface area (Å²) in [4.78, 5) is 12.1. The van der Waals surface area contributed by atoms with Crippen LogP contribution in [0.2, 0.25) is 0 Å². The number of aromatic nitrogens is 1. The Morgan fingerprint density at radius 3 is 2.57 bits per heavy atom. The Labute approximate surface area is 163 Å². The van der Waals surface area contributed by atoms with Gasteiger partial charge in [0.05, 0.1) is 6.54 Å². The standard InChI is InChI=1S/C14H10Br2F2NO.Y/c1-8-2-5-12(19(14(8)20)7-13(17)18)10-4-3-9(15)6-11(10)16;/h2-4,6,13H,7H2,1H3;/q-1;. The molecular formula is C14H10Br2F2NOY-. The largest absolute Gasteiger partial charge is 0.336 e. The summed E-state index contributed by atoms with van der Waals surface area (Å²) in [5, 5.41) is 0. The molecule has 0 amide bonds. The molecule has 2 aromatic rings. The summed E-state index contributed by atoms with van der Waals surface area (Å²) in [6.07, 6.45) is -2.60. The third kappa shape index (κ3) is 4.53. The Morgan fingerprint density at radius 1 is 1.33 bits per heavy atom. The van der Waals surface area contributed by atoms with Crippen molar-refractivity contribution in [3.63, 3.8) is 0 Å². The van der Waals surface area contributed by atoms with Crippen LogP contribution < -0.4 is 5.56 Å². The third-order valence-corrected chi connectivity index (χ3v) is 3.93. The van der Waals surface area contributed by atoms with Crippen LogP contribution in [0.15, 0.2) is 38.0 Å².